The first kappa shape index (κ1) is 81.6. The fraction of sp³-hybridized carbons (Fsp3) is 0.948. The molecule has 0 fully saturated rings. The van der Waals surface area contributed by atoms with Crippen molar-refractivity contribution in [1.29, 1.82) is 0 Å². The zero-order chi connectivity index (χ0) is 59.9. The van der Waals surface area contributed by atoms with Crippen LogP contribution in [-0.2, 0) is 14.3 Å². The van der Waals surface area contributed by atoms with Crippen molar-refractivity contribution in [2.75, 3.05) is 13.2 Å². The van der Waals surface area contributed by atoms with E-state index in [0.29, 0.717) is 25.9 Å². The second kappa shape index (κ2) is 73.1. The first-order valence-corrected chi connectivity index (χ1v) is 38.4. The van der Waals surface area contributed by atoms with E-state index in [1.54, 1.807) is 0 Å². The molecule has 83 heavy (non-hydrogen) atoms. The zero-order valence-electron chi connectivity index (χ0n) is 56.7. The number of unbranched alkanes of at least 4 members (excludes halogenated alkanes) is 60. The van der Waals surface area contributed by atoms with Crippen LogP contribution in [0, 0.1) is 0 Å². The standard InChI is InChI=1S/C77H151NO5/c1-3-5-7-9-11-13-15-17-19-21-22-23-24-25-28-31-34-38-41-45-49-53-57-61-65-69-75(80)74(73-79)78-76(81)70-66-62-58-54-50-46-42-39-35-32-29-26-27-30-33-36-40-44-48-52-56-60-64-68-72-83-77(82)71-67-63-59-55-51-47-43-37-20-18-16-14-12-10-8-6-4-2/h29,32,74-75,79-80H,3-28,30-31,33-73H2,1-2H3,(H,78,81)/b32-29-. The van der Waals surface area contributed by atoms with Gasteiger partial charge in [-0.05, 0) is 51.4 Å². The average Bonchev–Trinajstić information content (AvgIpc) is 3.49. The van der Waals surface area contributed by atoms with Crippen LogP contribution < -0.4 is 5.32 Å². The van der Waals surface area contributed by atoms with Crippen molar-refractivity contribution in [2.24, 2.45) is 0 Å². The molecule has 0 bridgehead atoms. The lowest BCUT2D eigenvalue weighted by Gasteiger charge is -2.22. The van der Waals surface area contributed by atoms with Crippen LogP contribution in [0.2, 0.25) is 0 Å². The van der Waals surface area contributed by atoms with Gasteiger partial charge in [-0.15, -0.1) is 0 Å². The molecule has 2 atom stereocenters. The molecule has 2 unspecified atom stereocenters. The minimum absolute atomic E-state index is 0.0180. The number of hydrogen-bond acceptors (Lipinski definition) is 5. The largest absolute Gasteiger partial charge is 0.466 e. The molecule has 0 aromatic heterocycles. The Hall–Kier alpha value is -1.40. The minimum Gasteiger partial charge on any atom is -0.466 e. The second-order valence-corrected chi connectivity index (χ2v) is 26.7. The van der Waals surface area contributed by atoms with Crippen LogP contribution in [0.25, 0.3) is 0 Å². The van der Waals surface area contributed by atoms with Crippen LogP contribution in [0.4, 0.5) is 0 Å². The molecule has 0 rings (SSSR count). The summed E-state index contributed by atoms with van der Waals surface area (Å²) in [4.78, 5) is 24.7. The highest BCUT2D eigenvalue weighted by atomic mass is 16.5. The molecule has 1 amide bonds. The number of nitrogens with one attached hydrogen (secondary N) is 1. The summed E-state index contributed by atoms with van der Waals surface area (Å²) in [5.74, 6) is -0.0156. The van der Waals surface area contributed by atoms with Gasteiger partial charge in [-0.25, -0.2) is 0 Å². The maximum Gasteiger partial charge on any atom is 0.305 e. The fourth-order valence-electron chi connectivity index (χ4n) is 12.5. The Balaban J connectivity index is 3.38. The number of allylic oxidation sites excluding steroid dienone is 2. The van der Waals surface area contributed by atoms with Gasteiger partial charge in [0.25, 0.3) is 0 Å². The van der Waals surface area contributed by atoms with E-state index >= 15 is 0 Å². The van der Waals surface area contributed by atoms with Crippen molar-refractivity contribution >= 4 is 11.9 Å². The highest BCUT2D eigenvalue weighted by Gasteiger charge is 2.20. The van der Waals surface area contributed by atoms with E-state index in [1.807, 2.05) is 0 Å². The van der Waals surface area contributed by atoms with Crippen LogP contribution in [0.3, 0.4) is 0 Å². The van der Waals surface area contributed by atoms with Gasteiger partial charge in [0.05, 0.1) is 25.4 Å². The Morgan fingerprint density at radius 1 is 0.325 bits per heavy atom. The number of esters is 1. The molecule has 0 aromatic rings. The molecule has 494 valence electrons. The predicted molar refractivity (Wildman–Crippen MR) is 366 cm³/mol. The van der Waals surface area contributed by atoms with Gasteiger partial charge < -0.3 is 20.3 Å². The Kier molecular flexibility index (Phi) is 71.8. The van der Waals surface area contributed by atoms with Gasteiger partial charge in [0.2, 0.25) is 5.91 Å². The summed E-state index contributed by atoms with van der Waals surface area (Å²) < 4.78 is 5.51. The lowest BCUT2D eigenvalue weighted by Crippen LogP contribution is -2.45. The third kappa shape index (κ3) is 69.6. The molecule has 0 heterocycles. The molecule has 0 saturated carbocycles. The Bertz CT molecular complexity index is 1260. The van der Waals surface area contributed by atoms with E-state index in [9.17, 15) is 19.8 Å². The highest BCUT2D eigenvalue weighted by Crippen LogP contribution is 2.20. The fourth-order valence-corrected chi connectivity index (χ4v) is 12.5. The lowest BCUT2D eigenvalue weighted by molar-refractivity contribution is -0.143. The summed E-state index contributed by atoms with van der Waals surface area (Å²) >= 11 is 0. The number of carbonyl (C=O) groups is 2. The second-order valence-electron chi connectivity index (χ2n) is 26.7. The highest BCUT2D eigenvalue weighted by molar-refractivity contribution is 5.76. The van der Waals surface area contributed by atoms with E-state index in [-0.39, 0.29) is 18.5 Å². The number of amides is 1. The monoisotopic (exact) mass is 1170 g/mol. The molecule has 0 aromatic carbocycles. The third-order valence-corrected chi connectivity index (χ3v) is 18.3. The van der Waals surface area contributed by atoms with E-state index in [4.69, 9.17) is 4.74 Å². The lowest BCUT2D eigenvalue weighted by atomic mass is 10.0. The first-order chi connectivity index (χ1) is 41.0. The summed E-state index contributed by atoms with van der Waals surface area (Å²) in [6, 6.07) is -0.546. The third-order valence-electron chi connectivity index (χ3n) is 18.3. The maximum absolute atomic E-state index is 12.6. The summed E-state index contributed by atoms with van der Waals surface area (Å²) in [5, 5.41) is 23.5. The molecule has 0 aliphatic carbocycles. The molecule has 6 nitrogen and oxygen atoms in total. The molecule has 0 radical (unpaired) electrons. The number of aliphatic hydroxyl groups excluding tert-OH is 2. The number of carbonyl (C=O) groups excluding carboxylic acids is 2. The molecular weight excluding hydrogens is 1020 g/mol. The summed E-state index contributed by atoms with van der Waals surface area (Å²) in [6.45, 7) is 5.01. The summed E-state index contributed by atoms with van der Waals surface area (Å²) in [5.41, 5.74) is 0. The van der Waals surface area contributed by atoms with Crippen molar-refractivity contribution < 1.29 is 24.5 Å². The smallest absolute Gasteiger partial charge is 0.305 e. The van der Waals surface area contributed by atoms with Crippen molar-refractivity contribution in [1.82, 2.24) is 5.32 Å². The van der Waals surface area contributed by atoms with Crippen molar-refractivity contribution in [2.45, 2.75) is 456 Å². The predicted octanol–water partition coefficient (Wildman–Crippen LogP) is 25.1. The van der Waals surface area contributed by atoms with Crippen LogP contribution in [0.5, 0.6) is 0 Å². The van der Waals surface area contributed by atoms with E-state index < -0.39 is 12.1 Å². The number of ether oxygens (including phenoxy) is 1. The van der Waals surface area contributed by atoms with Gasteiger partial charge in [-0.3, -0.25) is 9.59 Å². The molecule has 6 heteroatoms. The summed E-state index contributed by atoms with van der Waals surface area (Å²) in [6.07, 6.45) is 91.4. The Morgan fingerprint density at radius 3 is 0.855 bits per heavy atom. The first-order valence-electron chi connectivity index (χ1n) is 38.4. The van der Waals surface area contributed by atoms with Gasteiger partial charge in [0.1, 0.15) is 0 Å². The van der Waals surface area contributed by atoms with Gasteiger partial charge >= 0.3 is 5.97 Å². The quantitative estimate of drug-likeness (QED) is 0.0320. The van der Waals surface area contributed by atoms with Gasteiger partial charge in [-0.1, -0.05) is 392 Å². The Morgan fingerprint density at radius 2 is 0.566 bits per heavy atom. The number of hydrogen-bond donors (Lipinski definition) is 3. The zero-order valence-corrected chi connectivity index (χ0v) is 56.7. The van der Waals surface area contributed by atoms with Crippen molar-refractivity contribution in [3.63, 3.8) is 0 Å². The number of rotatable bonds is 73. The van der Waals surface area contributed by atoms with Crippen molar-refractivity contribution in [3.8, 4) is 0 Å². The molecular formula is C77H151NO5. The molecule has 0 spiro atoms. The van der Waals surface area contributed by atoms with Gasteiger partial charge in [0.15, 0.2) is 0 Å². The minimum atomic E-state index is -0.668. The van der Waals surface area contributed by atoms with E-state index in [2.05, 4.69) is 31.3 Å². The van der Waals surface area contributed by atoms with E-state index in [0.717, 1.165) is 38.5 Å². The topological polar surface area (TPSA) is 95.9 Å². The van der Waals surface area contributed by atoms with Crippen LogP contribution in [0.15, 0.2) is 12.2 Å². The van der Waals surface area contributed by atoms with Crippen LogP contribution in [-0.4, -0.2) is 47.4 Å². The molecule has 0 aliphatic rings. The Labute approximate surface area is 520 Å². The van der Waals surface area contributed by atoms with E-state index in [1.165, 1.54) is 372 Å². The SMILES string of the molecule is CCCCCCCCCCCCCCCCCCCCCCCCCCCC(O)C(CO)NC(=O)CCCCCCCCCC/C=C\CCCCCCCCCCCCCCOC(=O)CCCCCCCCCCCCCCCCCCC. The van der Waals surface area contributed by atoms with Gasteiger partial charge in [-0.2, -0.15) is 0 Å². The van der Waals surface area contributed by atoms with Gasteiger partial charge in [0, 0.05) is 12.8 Å². The van der Waals surface area contributed by atoms with Crippen LogP contribution in [0.1, 0.15) is 444 Å². The van der Waals surface area contributed by atoms with Crippen LogP contribution >= 0.6 is 0 Å². The maximum atomic E-state index is 12.6. The molecule has 3 N–H and O–H groups in total. The number of aliphatic hydroxyl groups is 2. The average molecular weight is 1170 g/mol. The summed E-state index contributed by atoms with van der Waals surface area (Å²) in [7, 11) is 0. The molecule has 0 saturated heterocycles. The molecule has 0 aliphatic heterocycles. The normalized spacial score (nSPS) is 12.5. The van der Waals surface area contributed by atoms with Crippen molar-refractivity contribution in [3.05, 3.63) is 12.2 Å².